The highest BCUT2D eigenvalue weighted by Crippen LogP contribution is 2.39. The third-order valence-electron chi connectivity index (χ3n) is 11.7. The van der Waals surface area contributed by atoms with E-state index in [2.05, 4.69) is 164 Å². The summed E-state index contributed by atoms with van der Waals surface area (Å²) in [7, 11) is 0. The maximum atomic E-state index is 5.22. The fraction of sp³-hybridized carbons (Fsp3) is 0. The van der Waals surface area contributed by atoms with Gasteiger partial charge >= 0.3 is 0 Å². The van der Waals surface area contributed by atoms with Crippen molar-refractivity contribution in [3.8, 4) is 113 Å². The molecule has 0 radical (unpaired) electrons. The molecule has 9 aromatic carbocycles. The topological polar surface area (TPSA) is 77.3 Å². The molecule has 0 saturated heterocycles. The Morgan fingerprint density at radius 1 is 0.136 bits per heavy atom. The van der Waals surface area contributed by atoms with Gasteiger partial charge in [-0.25, -0.2) is 29.9 Å². The van der Waals surface area contributed by atoms with Gasteiger partial charge in [-0.05, 0) is 44.5 Å². The van der Waals surface area contributed by atoms with Crippen LogP contribution in [-0.4, -0.2) is 29.9 Å². The summed E-state index contributed by atoms with van der Waals surface area (Å²) in [5.74, 6) is 3.66. The lowest BCUT2D eigenvalue weighted by atomic mass is 9.91. The molecule has 0 aliphatic rings. The van der Waals surface area contributed by atoms with Crippen molar-refractivity contribution in [1.82, 2.24) is 29.9 Å². The Morgan fingerprint density at radius 2 is 0.348 bits per heavy atom. The number of benzene rings is 9. The second-order valence-electron chi connectivity index (χ2n) is 15.9. The maximum absolute atomic E-state index is 5.22. The van der Waals surface area contributed by atoms with Crippen molar-refractivity contribution >= 4 is 0 Å². The van der Waals surface area contributed by atoms with Crippen LogP contribution in [0, 0.1) is 0 Å². The summed E-state index contributed by atoms with van der Waals surface area (Å²) in [4.78, 5) is 30.4. The quantitative estimate of drug-likeness (QED) is 0.136. The van der Waals surface area contributed by atoms with Gasteiger partial charge in [0.1, 0.15) is 0 Å². The maximum Gasteiger partial charge on any atom is 0.164 e. The van der Waals surface area contributed by atoms with Crippen LogP contribution < -0.4 is 0 Å². The highest BCUT2D eigenvalue weighted by molar-refractivity contribution is 5.91. The van der Waals surface area contributed by atoms with Crippen LogP contribution in [0.15, 0.2) is 243 Å². The smallest absolute Gasteiger partial charge is 0.164 e. The van der Waals surface area contributed by atoms with Crippen molar-refractivity contribution in [2.24, 2.45) is 0 Å². The average Bonchev–Trinajstić information content (AvgIpc) is 3.42. The molecule has 310 valence electrons. The predicted molar refractivity (Wildman–Crippen MR) is 268 cm³/mol. The number of nitrogens with zero attached hydrogens (tertiary/aromatic N) is 6. The number of aromatic nitrogens is 6. The van der Waals surface area contributed by atoms with Crippen molar-refractivity contribution in [2.75, 3.05) is 0 Å². The van der Waals surface area contributed by atoms with Gasteiger partial charge in [0.25, 0.3) is 0 Å². The van der Waals surface area contributed by atoms with Crippen LogP contribution in [0.2, 0.25) is 0 Å². The third kappa shape index (κ3) is 8.30. The highest BCUT2D eigenvalue weighted by Gasteiger charge is 2.19. The van der Waals surface area contributed by atoms with Crippen LogP contribution in [0.5, 0.6) is 0 Å². The molecule has 11 rings (SSSR count). The Hall–Kier alpha value is -9.00. The Bertz CT molecular complexity index is 3260. The lowest BCUT2D eigenvalue weighted by molar-refractivity contribution is 1.07. The number of hydrogen-bond donors (Lipinski definition) is 0. The number of hydrogen-bond acceptors (Lipinski definition) is 6. The van der Waals surface area contributed by atoms with E-state index in [-0.39, 0.29) is 0 Å². The molecule has 2 aromatic heterocycles. The summed E-state index contributed by atoms with van der Waals surface area (Å²) >= 11 is 0. The summed E-state index contributed by atoms with van der Waals surface area (Å²) in [5, 5.41) is 0. The van der Waals surface area contributed by atoms with Crippen LogP contribution in [0.1, 0.15) is 0 Å². The van der Waals surface area contributed by atoms with Crippen LogP contribution in [-0.2, 0) is 0 Å². The SMILES string of the molecule is c1ccc(-c2ccc(-c3nc(-c4ccc(-c5ccccc5)cc4)nc(-c4ccccc4-c4ccccc4-c4ccc(-c5nc(-c6ccccc6)nc(-c6ccccc6)n5)cc4)n3)cc2)cc1. The zero-order valence-corrected chi connectivity index (χ0v) is 35.8. The van der Waals surface area contributed by atoms with Gasteiger partial charge in [-0.1, -0.05) is 243 Å². The summed E-state index contributed by atoms with van der Waals surface area (Å²) in [6.45, 7) is 0. The van der Waals surface area contributed by atoms with E-state index in [0.29, 0.717) is 34.9 Å². The summed E-state index contributed by atoms with van der Waals surface area (Å²) < 4.78 is 0. The molecular weight excluding hydrogens is 805 g/mol. The largest absolute Gasteiger partial charge is 0.208 e. The van der Waals surface area contributed by atoms with Gasteiger partial charge < -0.3 is 0 Å². The first-order valence-electron chi connectivity index (χ1n) is 21.9. The molecule has 6 heteroatoms. The van der Waals surface area contributed by atoms with Crippen molar-refractivity contribution < 1.29 is 0 Å². The van der Waals surface area contributed by atoms with E-state index >= 15 is 0 Å². The third-order valence-corrected chi connectivity index (χ3v) is 11.7. The molecule has 2 heterocycles. The van der Waals surface area contributed by atoms with Crippen molar-refractivity contribution in [3.05, 3.63) is 243 Å². The molecule has 0 N–H and O–H groups in total. The molecule has 0 fully saturated rings. The van der Waals surface area contributed by atoms with Gasteiger partial charge in [-0.15, -0.1) is 0 Å². The lowest BCUT2D eigenvalue weighted by Crippen LogP contribution is -2.01. The molecule has 0 spiro atoms. The zero-order chi connectivity index (χ0) is 44.1. The standard InChI is InChI=1S/C60H40N6/c1-5-17-41(18-6-1)43-29-35-48(36-30-43)58-64-59(49-37-31-44(32-38-49)42-19-7-2-8-20-42)66-60(65-58)54-28-16-15-27-53(54)52-26-14-13-25-51(52)45-33-39-50(40-34-45)57-62-55(46-21-9-3-10-22-46)61-56(63-57)47-23-11-4-12-24-47/h1-40H. The van der Waals surface area contributed by atoms with Crippen LogP contribution in [0.25, 0.3) is 113 Å². The molecular formula is C60H40N6. The first-order valence-corrected chi connectivity index (χ1v) is 21.9. The van der Waals surface area contributed by atoms with Crippen LogP contribution in [0.3, 0.4) is 0 Å². The lowest BCUT2D eigenvalue weighted by Gasteiger charge is -2.15. The molecule has 0 amide bonds. The number of rotatable bonds is 10. The minimum Gasteiger partial charge on any atom is -0.208 e. The Labute approximate surface area is 383 Å². The summed E-state index contributed by atoms with van der Waals surface area (Å²) in [6.07, 6.45) is 0. The summed E-state index contributed by atoms with van der Waals surface area (Å²) in [6, 6.07) is 83.1. The molecule has 0 aliphatic heterocycles. The molecule has 0 bridgehead atoms. The average molecular weight is 845 g/mol. The van der Waals surface area contributed by atoms with E-state index in [9.17, 15) is 0 Å². The van der Waals surface area contributed by atoms with Gasteiger partial charge in [0, 0.05) is 33.4 Å². The van der Waals surface area contributed by atoms with E-state index in [1.165, 1.54) is 0 Å². The minimum absolute atomic E-state index is 0.591. The van der Waals surface area contributed by atoms with Crippen molar-refractivity contribution in [2.45, 2.75) is 0 Å². The van der Waals surface area contributed by atoms with E-state index in [4.69, 9.17) is 29.9 Å². The Kier molecular flexibility index (Phi) is 10.9. The molecule has 0 aliphatic carbocycles. The molecule has 11 aromatic rings. The van der Waals surface area contributed by atoms with Gasteiger partial charge in [0.05, 0.1) is 0 Å². The predicted octanol–water partition coefficient (Wildman–Crippen LogP) is 14.7. The fourth-order valence-corrected chi connectivity index (χ4v) is 8.26. The fourth-order valence-electron chi connectivity index (χ4n) is 8.26. The van der Waals surface area contributed by atoms with Crippen molar-refractivity contribution in [3.63, 3.8) is 0 Å². The first-order chi connectivity index (χ1) is 32.7. The van der Waals surface area contributed by atoms with Crippen molar-refractivity contribution in [1.29, 1.82) is 0 Å². The zero-order valence-electron chi connectivity index (χ0n) is 35.8. The van der Waals surface area contributed by atoms with Gasteiger partial charge in [-0.2, -0.15) is 0 Å². The monoisotopic (exact) mass is 844 g/mol. The van der Waals surface area contributed by atoms with E-state index < -0.39 is 0 Å². The van der Waals surface area contributed by atoms with Crippen LogP contribution >= 0.6 is 0 Å². The second kappa shape index (κ2) is 18.0. The molecule has 66 heavy (non-hydrogen) atoms. The van der Waals surface area contributed by atoms with Gasteiger partial charge in [0.15, 0.2) is 34.9 Å². The van der Waals surface area contributed by atoms with Crippen LogP contribution in [0.4, 0.5) is 0 Å². The normalized spacial score (nSPS) is 11.0. The Balaban J connectivity index is 0.985. The molecule has 6 nitrogen and oxygen atoms in total. The van der Waals surface area contributed by atoms with E-state index in [0.717, 1.165) is 77.9 Å². The summed E-state index contributed by atoms with van der Waals surface area (Å²) in [5.41, 5.74) is 14.2. The first kappa shape index (κ1) is 39.8. The minimum atomic E-state index is 0.591. The van der Waals surface area contributed by atoms with E-state index in [1.807, 2.05) is 78.9 Å². The van der Waals surface area contributed by atoms with Gasteiger partial charge in [-0.3, -0.25) is 0 Å². The molecule has 0 unspecified atom stereocenters. The molecule has 0 atom stereocenters. The van der Waals surface area contributed by atoms with E-state index in [1.54, 1.807) is 0 Å². The Morgan fingerprint density at radius 3 is 0.712 bits per heavy atom. The second-order valence-corrected chi connectivity index (χ2v) is 15.9. The highest BCUT2D eigenvalue weighted by atomic mass is 15.0. The molecule has 0 saturated carbocycles. The van der Waals surface area contributed by atoms with Gasteiger partial charge in [0.2, 0.25) is 0 Å².